The number of carbonyl (C=O) groups excluding carboxylic acids is 1. The van der Waals surface area contributed by atoms with Gasteiger partial charge in [-0.05, 0) is 44.0 Å². The number of anilines is 1. The van der Waals surface area contributed by atoms with E-state index in [2.05, 4.69) is 19.2 Å². The Hall–Kier alpha value is -1.55. The number of nitrogens with one attached hydrogen (secondary N) is 1. The van der Waals surface area contributed by atoms with Crippen molar-refractivity contribution in [1.29, 1.82) is 0 Å². The number of ether oxygens (including phenoxy) is 2. The van der Waals surface area contributed by atoms with E-state index in [9.17, 15) is 4.79 Å². The van der Waals surface area contributed by atoms with Crippen LogP contribution in [0.25, 0.3) is 0 Å². The lowest BCUT2D eigenvalue weighted by atomic mass is 10.1. The zero-order chi connectivity index (χ0) is 14.5. The first kappa shape index (κ1) is 15.5. The van der Waals surface area contributed by atoms with E-state index >= 15 is 0 Å². The summed E-state index contributed by atoms with van der Waals surface area (Å²) in [5, 5.41) is 2.81. The molecule has 0 fully saturated rings. The van der Waals surface area contributed by atoms with Crippen molar-refractivity contribution in [3.8, 4) is 5.75 Å². The van der Waals surface area contributed by atoms with E-state index in [0.717, 1.165) is 11.4 Å². The Kier molecular flexibility index (Phi) is 5.36. The van der Waals surface area contributed by atoms with Crippen molar-refractivity contribution in [1.82, 2.24) is 0 Å². The van der Waals surface area contributed by atoms with Crippen molar-refractivity contribution in [3.05, 3.63) is 24.3 Å². The first-order chi connectivity index (χ1) is 8.85. The predicted octanol–water partition coefficient (Wildman–Crippen LogP) is 3.08. The Morgan fingerprint density at radius 1 is 1.26 bits per heavy atom. The highest BCUT2D eigenvalue weighted by Crippen LogP contribution is 2.18. The highest BCUT2D eigenvalue weighted by molar-refractivity contribution is 5.96. The minimum atomic E-state index is -0.840. The van der Waals surface area contributed by atoms with E-state index in [0.29, 0.717) is 12.5 Å². The van der Waals surface area contributed by atoms with Crippen LogP contribution in [0.3, 0.4) is 0 Å². The van der Waals surface area contributed by atoms with E-state index in [-0.39, 0.29) is 5.91 Å². The van der Waals surface area contributed by atoms with Crippen molar-refractivity contribution in [2.75, 3.05) is 19.0 Å². The van der Waals surface area contributed by atoms with Crippen molar-refractivity contribution >= 4 is 11.6 Å². The van der Waals surface area contributed by atoms with Crippen molar-refractivity contribution in [2.45, 2.75) is 33.3 Å². The third-order valence-corrected chi connectivity index (χ3v) is 2.75. The van der Waals surface area contributed by atoms with Gasteiger partial charge in [0.15, 0.2) is 0 Å². The van der Waals surface area contributed by atoms with Crippen molar-refractivity contribution in [2.24, 2.45) is 5.92 Å². The van der Waals surface area contributed by atoms with Gasteiger partial charge in [0.1, 0.15) is 11.4 Å². The average Bonchev–Trinajstić information content (AvgIpc) is 2.37. The quantitative estimate of drug-likeness (QED) is 0.859. The minimum Gasteiger partial charge on any atom is -0.493 e. The Bertz CT molecular complexity index is 410. The summed E-state index contributed by atoms with van der Waals surface area (Å²) in [7, 11) is 1.52. The van der Waals surface area contributed by atoms with E-state index in [1.807, 2.05) is 24.3 Å². The maximum absolute atomic E-state index is 11.9. The van der Waals surface area contributed by atoms with Crippen LogP contribution < -0.4 is 10.1 Å². The van der Waals surface area contributed by atoms with E-state index < -0.39 is 5.60 Å². The van der Waals surface area contributed by atoms with Crippen LogP contribution in [-0.2, 0) is 9.53 Å². The Morgan fingerprint density at radius 3 is 2.32 bits per heavy atom. The molecule has 1 aromatic rings. The Morgan fingerprint density at radius 2 is 1.84 bits per heavy atom. The zero-order valence-corrected chi connectivity index (χ0v) is 12.3. The molecule has 1 rings (SSSR count). The lowest BCUT2D eigenvalue weighted by Gasteiger charge is -2.21. The lowest BCUT2D eigenvalue weighted by Crippen LogP contribution is -2.38. The molecule has 1 N–H and O–H groups in total. The molecule has 1 aromatic carbocycles. The molecule has 0 unspecified atom stereocenters. The van der Waals surface area contributed by atoms with E-state index in [1.165, 1.54) is 7.11 Å². The molecule has 4 nitrogen and oxygen atoms in total. The first-order valence-electron chi connectivity index (χ1n) is 6.44. The van der Waals surface area contributed by atoms with Gasteiger partial charge in [0.2, 0.25) is 0 Å². The van der Waals surface area contributed by atoms with Gasteiger partial charge in [-0.15, -0.1) is 0 Å². The van der Waals surface area contributed by atoms with Crippen LogP contribution in [0.2, 0.25) is 0 Å². The fourth-order valence-corrected chi connectivity index (χ4v) is 1.27. The summed E-state index contributed by atoms with van der Waals surface area (Å²) in [6, 6.07) is 7.33. The maximum atomic E-state index is 11.9. The fourth-order valence-electron chi connectivity index (χ4n) is 1.27. The van der Waals surface area contributed by atoms with Crippen LogP contribution in [0.1, 0.15) is 27.7 Å². The number of rotatable bonds is 6. The number of hydrogen-bond donors (Lipinski definition) is 1. The van der Waals surface area contributed by atoms with Gasteiger partial charge in [-0.1, -0.05) is 13.8 Å². The molecule has 4 heteroatoms. The molecule has 0 saturated heterocycles. The molecule has 0 saturated carbocycles. The van der Waals surface area contributed by atoms with Gasteiger partial charge in [0.05, 0.1) is 6.61 Å². The highest BCUT2D eigenvalue weighted by Gasteiger charge is 2.26. The monoisotopic (exact) mass is 265 g/mol. The van der Waals surface area contributed by atoms with Crippen LogP contribution in [0.15, 0.2) is 24.3 Å². The van der Waals surface area contributed by atoms with Crippen LogP contribution in [0, 0.1) is 5.92 Å². The topological polar surface area (TPSA) is 47.6 Å². The van der Waals surface area contributed by atoms with E-state index in [4.69, 9.17) is 9.47 Å². The van der Waals surface area contributed by atoms with Gasteiger partial charge in [-0.2, -0.15) is 0 Å². The molecule has 19 heavy (non-hydrogen) atoms. The largest absolute Gasteiger partial charge is 0.493 e. The van der Waals surface area contributed by atoms with Gasteiger partial charge in [0, 0.05) is 12.8 Å². The molecule has 106 valence electrons. The molecular weight excluding hydrogens is 242 g/mol. The minimum absolute atomic E-state index is 0.175. The maximum Gasteiger partial charge on any atom is 0.256 e. The zero-order valence-electron chi connectivity index (χ0n) is 12.3. The number of benzene rings is 1. The molecular formula is C15H23NO3. The Labute approximate surface area is 115 Å². The third kappa shape index (κ3) is 4.91. The Balaban J connectivity index is 2.60. The predicted molar refractivity (Wildman–Crippen MR) is 76.5 cm³/mol. The van der Waals surface area contributed by atoms with Gasteiger partial charge >= 0.3 is 0 Å². The molecule has 0 spiro atoms. The number of amides is 1. The van der Waals surface area contributed by atoms with Crippen LogP contribution in [0.5, 0.6) is 5.75 Å². The van der Waals surface area contributed by atoms with Gasteiger partial charge in [0.25, 0.3) is 5.91 Å². The van der Waals surface area contributed by atoms with E-state index in [1.54, 1.807) is 13.8 Å². The molecule has 0 radical (unpaired) electrons. The molecule has 0 aliphatic carbocycles. The second-order valence-corrected chi connectivity index (χ2v) is 5.40. The number of carbonyl (C=O) groups is 1. The van der Waals surface area contributed by atoms with Crippen LogP contribution >= 0.6 is 0 Å². The van der Waals surface area contributed by atoms with Crippen molar-refractivity contribution < 1.29 is 14.3 Å². The van der Waals surface area contributed by atoms with Crippen molar-refractivity contribution in [3.63, 3.8) is 0 Å². The summed E-state index contributed by atoms with van der Waals surface area (Å²) in [4.78, 5) is 11.9. The smallest absolute Gasteiger partial charge is 0.256 e. The van der Waals surface area contributed by atoms with Crippen LogP contribution in [0.4, 0.5) is 5.69 Å². The highest BCUT2D eigenvalue weighted by atomic mass is 16.5. The second-order valence-electron chi connectivity index (χ2n) is 5.40. The summed E-state index contributed by atoms with van der Waals surface area (Å²) < 4.78 is 10.7. The fraction of sp³-hybridized carbons (Fsp3) is 0.533. The molecule has 0 aliphatic rings. The number of hydrogen-bond acceptors (Lipinski definition) is 3. The second kappa shape index (κ2) is 6.57. The molecule has 0 bridgehead atoms. The van der Waals surface area contributed by atoms with Gasteiger partial charge < -0.3 is 14.8 Å². The SMILES string of the molecule is COC(C)(C)C(=O)Nc1ccc(OCC(C)C)cc1. The molecule has 0 aromatic heterocycles. The summed E-state index contributed by atoms with van der Waals surface area (Å²) >= 11 is 0. The summed E-state index contributed by atoms with van der Waals surface area (Å²) in [6.45, 7) is 8.33. The lowest BCUT2D eigenvalue weighted by molar-refractivity contribution is -0.133. The summed E-state index contributed by atoms with van der Waals surface area (Å²) in [5.74, 6) is 1.12. The van der Waals surface area contributed by atoms with Gasteiger partial charge in [-0.3, -0.25) is 4.79 Å². The summed E-state index contributed by atoms with van der Waals surface area (Å²) in [5.41, 5.74) is -0.112. The van der Waals surface area contributed by atoms with Crippen LogP contribution in [-0.4, -0.2) is 25.2 Å². The first-order valence-corrected chi connectivity index (χ1v) is 6.44. The molecule has 1 amide bonds. The summed E-state index contributed by atoms with van der Waals surface area (Å²) in [6.07, 6.45) is 0. The van der Waals surface area contributed by atoms with Gasteiger partial charge in [-0.25, -0.2) is 0 Å². The average molecular weight is 265 g/mol. The molecule has 0 aliphatic heterocycles. The molecule has 0 heterocycles. The molecule has 0 atom stereocenters. The third-order valence-electron chi connectivity index (χ3n) is 2.75. The normalized spacial score (nSPS) is 11.5. The standard InChI is InChI=1S/C15H23NO3/c1-11(2)10-19-13-8-6-12(7-9-13)16-14(17)15(3,4)18-5/h6-9,11H,10H2,1-5H3,(H,16,17). The number of methoxy groups -OCH3 is 1.